The number of rotatable bonds is 4. The topological polar surface area (TPSA) is 55.9 Å². The summed E-state index contributed by atoms with van der Waals surface area (Å²) in [7, 11) is 3.79. The third-order valence-electron chi connectivity index (χ3n) is 2.97. The highest BCUT2D eigenvalue weighted by Gasteiger charge is 2.32. The van der Waals surface area contributed by atoms with Crippen molar-refractivity contribution in [2.75, 3.05) is 54.4 Å². The van der Waals surface area contributed by atoms with Gasteiger partial charge in [0.05, 0.1) is 0 Å². The van der Waals surface area contributed by atoms with Gasteiger partial charge in [0.15, 0.2) is 0 Å². The van der Waals surface area contributed by atoms with Gasteiger partial charge in [0.2, 0.25) is 0 Å². The highest BCUT2D eigenvalue weighted by atomic mass is 32.2. The SMILES string of the molecule is CNCC1CN(S(=O)(=O)N(C)C)CCN1C. The van der Waals surface area contributed by atoms with Gasteiger partial charge in [0, 0.05) is 46.3 Å². The van der Waals surface area contributed by atoms with E-state index >= 15 is 0 Å². The molecular weight excluding hydrogens is 228 g/mol. The third-order valence-corrected chi connectivity index (χ3v) is 4.87. The van der Waals surface area contributed by atoms with Gasteiger partial charge in [0.1, 0.15) is 0 Å². The summed E-state index contributed by atoms with van der Waals surface area (Å²) in [5.74, 6) is 0. The molecule has 0 amide bonds. The van der Waals surface area contributed by atoms with Crippen LogP contribution in [-0.4, -0.2) is 82.3 Å². The van der Waals surface area contributed by atoms with Crippen LogP contribution in [0.25, 0.3) is 0 Å². The van der Waals surface area contributed by atoms with Crippen LogP contribution in [-0.2, 0) is 10.2 Å². The molecule has 1 atom stereocenters. The maximum absolute atomic E-state index is 12.0. The lowest BCUT2D eigenvalue weighted by Crippen LogP contribution is -2.57. The molecule has 7 heteroatoms. The molecule has 0 bridgehead atoms. The van der Waals surface area contributed by atoms with Crippen molar-refractivity contribution in [2.45, 2.75) is 6.04 Å². The van der Waals surface area contributed by atoms with Gasteiger partial charge in [-0.3, -0.25) is 4.90 Å². The van der Waals surface area contributed by atoms with Crippen LogP contribution in [0.15, 0.2) is 0 Å². The molecule has 1 saturated heterocycles. The summed E-state index contributed by atoms with van der Waals surface area (Å²) >= 11 is 0. The lowest BCUT2D eigenvalue weighted by molar-refractivity contribution is 0.143. The Labute approximate surface area is 98.4 Å². The zero-order chi connectivity index (χ0) is 12.3. The molecule has 1 rings (SSSR count). The van der Waals surface area contributed by atoms with Crippen molar-refractivity contribution >= 4 is 10.2 Å². The van der Waals surface area contributed by atoms with Gasteiger partial charge in [0.25, 0.3) is 10.2 Å². The molecule has 1 heterocycles. The quantitative estimate of drug-likeness (QED) is 0.669. The van der Waals surface area contributed by atoms with Gasteiger partial charge in [-0.1, -0.05) is 0 Å². The number of nitrogens with one attached hydrogen (secondary N) is 1. The zero-order valence-corrected chi connectivity index (χ0v) is 11.3. The molecule has 0 aromatic carbocycles. The maximum Gasteiger partial charge on any atom is 0.281 e. The van der Waals surface area contributed by atoms with Crippen LogP contribution in [0.5, 0.6) is 0 Å². The fourth-order valence-corrected chi connectivity index (χ4v) is 2.95. The first-order chi connectivity index (χ1) is 7.39. The van der Waals surface area contributed by atoms with E-state index in [9.17, 15) is 8.42 Å². The van der Waals surface area contributed by atoms with E-state index in [1.165, 1.54) is 4.31 Å². The average Bonchev–Trinajstić information content (AvgIpc) is 2.21. The first kappa shape index (κ1) is 13.9. The molecule has 1 fully saturated rings. The van der Waals surface area contributed by atoms with Crippen LogP contribution in [0.3, 0.4) is 0 Å². The third kappa shape index (κ3) is 2.92. The van der Waals surface area contributed by atoms with Crippen molar-refractivity contribution < 1.29 is 8.42 Å². The molecule has 1 unspecified atom stereocenters. The summed E-state index contributed by atoms with van der Waals surface area (Å²) < 4.78 is 26.7. The molecule has 1 aliphatic rings. The lowest BCUT2D eigenvalue weighted by atomic mass is 10.2. The highest BCUT2D eigenvalue weighted by molar-refractivity contribution is 7.86. The summed E-state index contributed by atoms with van der Waals surface area (Å²) in [6, 6.07) is 0.244. The van der Waals surface area contributed by atoms with E-state index in [0.717, 1.165) is 13.1 Å². The van der Waals surface area contributed by atoms with Gasteiger partial charge in [-0.05, 0) is 14.1 Å². The van der Waals surface area contributed by atoms with E-state index in [-0.39, 0.29) is 6.04 Å². The van der Waals surface area contributed by atoms with Crippen molar-refractivity contribution in [1.29, 1.82) is 0 Å². The second-order valence-electron chi connectivity index (χ2n) is 4.34. The Morgan fingerprint density at radius 1 is 1.38 bits per heavy atom. The number of nitrogens with zero attached hydrogens (tertiary/aromatic N) is 3. The van der Waals surface area contributed by atoms with Gasteiger partial charge in [-0.15, -0.1) is 0 Å². The highest BCUT2D eigenvalue weighted by Crippen LogP contribution is 2.12. The Bertz CT molecular complexity index is 317. The summed E-state index contributed by atoms with van der Waals surface area (Å²) in [6.45, 7) is 2.70. The molecule has 16 heavy (non-hydrogen) atoms. The average molecular weight is 250 g/mol. The van der Waals surface area contributed by atoms with E-state index < -0.39 is 10.2 Å². The summed E-state index contributed by atoms with van der Waals surface area (Å²) in [5, 5.41) is 3.09. The molecule has 0 spiro atoms. The molecule has 1 aliphatic heterocycles. The van der Waals surface area contributed by atoms with Crippen molar-refractivity contribution in [3.05, 3.63) is 0 Å². The molecule has 0 radical (unpaired) electrons. The van der Waals surface area contributed by atoms with Crippen LogP contribution in [0.2, 0.25) is 0 Å². The van der Waals surface area contributed by atoms with E-state index in [1.54, 1.807) is 18.4 Å². The standard InChI is InChI=1S/C9H22N4O2S/c1-10-7-9-8-13(6-5-12(9)4)16(14,15)11(2)3/h9-10H,5-8H2,1-4H3. The Morgan fingerprint density at radius 2 is 2.00 bits per heavy atom. The molecule has 0 aromatic heterocycles. The first-order valence-corrected chi connectivity index (χ1v) is 6.81. The van der Waals surface area contributed by atoms with Crippen LogP contribution < -0.4 is 5.32 Å². The largest absolute Gasteiger partial charge is 0.318 e. The molecule has 6 nitrogen and oxygen atoms in total. The maximum atomic E-state index is 12.0. The van der Waals surface area contributed by atoms with Gasteiger partial charge < -0.3 is 5.32 Å². The van der Waals surface area contributed by atoms with Crippen LogP contribution in [0, 0.1) is 0 Å². The Morgan fingerprint density at radius 3 is 2.50 bits per heavy atom. The van der Waals surface area contributed by atoms with Crippen LogP contribution >= 0.6 is 0 Å². The molecule has 0 saturated carbocycles. The Hall–Kier alpha value is -0.210. The Kier molecular flexibility index (Phi) is 4.69. The minimum absolute atomic E-state index is 0.244. The summed E-state index contributed by atoms with van der Waals surface area (Å²) in [6.07, 6.45) is 0. The van der Waals surface area contributed by atoms with Gasteiger partial charge in [-0.25, -0.2) is 0 Å². The van der Waals surface area contributed by atoms with E-state index in [1.807, 2.05) is 14.1 Å². The second-order valence-corrected chi connectivity index (χ2v) is 6.48. The van der Waals surface area contributed by atoms with Crippen molar-refractivity contribution in [3.8, 4) is 0 Å². The monoisotopic (exact) mass is 250 g/mol. The summed E-state index contributed by atoms with van der Waals surface area (Å²) in [5.41, 5.74) is 0. The fraction of sp³-hybridized carbons (Fsp3) is 1.00. The minimum Gasteiger partial charge on any atom is -0.318 e. The lowest BCUT2D eigenvalue weighted by Gasteiger charge is -2.39. The normalized spacial score (nSPS) is 25.2. The number of hydrogen-bond donors (Lipinski definition) is 1. The van der Waals surface area contributed by atoms with Crippen LogP contribution in [0.4, 0.5) is 0 Å². The van der Waals surface area contributed by atoms with Gasteiger partial charge in [-0.2, -0.15) is 17.0 Å². The Balaban J connectivity index is 2.72. The predicted molar refractivity (Wildman–Crippen MR) is 64.5 cm³/mol. The minimum atomic E-state index is -3.26. The van der Waals surface area contributed by atoms with E-state index in [2.05, 4.69) is 10.2 Å². The smallest absolute Gasteiger partial charge is 0.281 e. The molecule has 0 aromatic rings. The predicted octanol–water partition coefficient (Wildman–Crippen LogP) is -1.37. The van der Waals surface area contributed by atoms with E-state index in [0.29, 0.717) is 13.1 Å². The first-order valence-electron chi connectivity index (χ1n) is 5.42. The molecule has 0 aliphatic carbocycles. The molecule has 1 N–H and O–H groups in total. The molecular formula is C9H22N4O2S. The van der Waals surface area contributed by atoms with Crippen molar-refractivity contribution in [3.63, 3.8) is 0 Å². The van der Waals surface area contributed by atoms with E-state index in [4.69, 9.17) is 0 Å². The van der Waals surface area contributed by atoms with Crippen molar-refractivity contribution in [2.24, 2.45) is 0 Å². The number of hydrogen-bond acceptors (Lipinski definition) is 4. The second kappa shape index (κ2) is 5.42. The van der Waals surface area contributed by atoms with Crippen molar-refractivity contribution in [1.82, 2.24) is 18.8 Å². The van der Waals surface area contributed by atoms with Crippen LogP contribution in [0.1, 0.15) is 0 Å². The fourth-order valence-electron chi connectivity index (χ4n) is 1.81. The summed E-state index contributed by atoms with van der Waals surface area (Å²) in [4.78, 5) is 2.19. The number of piperazine rings is 1. The number of likely N-dealkylation sites (N-methyl/N-ethyl adjacent to an activating group) is 2. The van der Waals surface area contributed by atoms with Gasteiger partial charge >= 0.3 is 0 Å². The molecule has 96 valence electrons. The zero-order valence-electron chi connectivity index (χ0n) is 10.5.